The van der Waals surface area contributed by atoms with Gasteiger partial charge in [0.15, 0.2) is 5.69 Å². The van der Waals surface area contributed by atoms with Crippen molar-refractivity contribution in [3.8, 4) is 5.69 Å². The molecule has 1 aromatic heterocycles. The van der Waals surface area contributed by atoms with Gasteiger partial charge in [-0.3, -0.25) is 4.79 Å². The molecule has 0 aliphatic carbocycles. The quantitative estimate of drug-likeness (QED) is 0.835. The molecule has 0 aliphatic rings. The van der Waals surface area contributed by atoms with Gasteiger partial charge in [-0.1, -0.05) is 18.2 Å². The van der Waals surface area contributed by atoms with Crippen LogP contribution in [0, 0.1) is 0 Å². The molecular formula is C13H13N3O3. The van der Waals surface area contributed by atoms with Gasteiger partial charge in [0.05, 0.1) is 12.8 Å². The highest BCUT2D eigenvalue weighted by molar-refractivity contribution is 5.96. The molecule has 19 heavy (non-hydrogen) atoms. The van der Waals surface area contributed by atoms with Crippen molar-refractivity contribution in [2.45, 2.75) is 0 Å². The minimum absolute atomic E-state index is 0.0879. The van der Waals surface area contributed by atoms with E-state index in [1.54, 1.807) is 12.1 Å². The van der Waals surface area contributed by atoms with Crippen LogP contribution in [0.1, 0.15) is 21.0 Å². The summed E-state index contributed by atoms with van der Waals surface area (Å²) in [6.45, 7) is 0. The number of ether oxygens (including phenoxy) is 1. The Balaban J connectivity index is 2.55. The van der Waals surface area contributed by atoms with Gasteiger partial charge in [0.25, 0.3) is 5.91 Å². The highest BCUT2D eigenvalue weighted by Gasteiger charge is 2.19. The third-order valence-electron chi connectivity index (χ3n) is 2.56. The Kier molecular flexibility index (Phi) is 3.61. The average molecular weight is 259 g/mol. The van der Waals surface area contributed by atoms with Gasteiger partial charge in [-0.25, -0.2) is 9.48 Å². The highest BCUT2D eigenvalue weighted by Crippen LogP contribution is 2.13. The van der Waals surface area contributed by atoms with Crippen LogP contribution in [-0.4, -0.2) is 35.8 Å². The number of amides is 1. The third kappa shape index (κ3) is 2.47. The molecule has 6 nitrogen and oxygen atoms in total. The minimum Gasteiger partial charge on any atom is -0.464 e. The van der Waals surface area contributed by atoms with Crippen LogP contribution in [0.25, 0.3) is 5.69 Å². The number of nitrogens with zero attached hydrogens (tertiary/aromatic N) is 2. The Morgan fingerprint density at radius 2 is 1.95 bits per heavy atom. The Bertz CT molecular complexity index is 605. The molecule has 1 aromatic carbocycles. The summed E-state index contributed by atoms with van der Waals surface area (Å²) in [4.78, 5) is 23.3. The summed E-state index contributed by atoms with van der Waals surface area (Å²) in [5, 5.41) is 6.61. The van der Waals surface area contributed by atoms with Crippen LogP contribution >= 0.6 is 0 Å². The van der Waals surface area contributed by atoms with Gasteiger partial charge in [0, 0.05) is 13.1 Å². The van der Waals surface area contributed by atoms with E-state index in [0.29, 0.717) is 5.69 Å². The second-order valence-corrected chi connectivity index (χ2v) is 3.73. The number of carbonyl (C=O) groups is 2. The predicted octanol–water partition coefficient (Wildman–Crippen LogP) is 1.02. The summed E-state index contributed by atoms with van der Waals surface area (Å²) < 4.78 is 6.02. The van der Waals surface area contributed by atoms with Crippen molar-refractivity contribution in [3.63, 3.8) is 0 Å². The maximum Gasteiger partial charge on any atom is 0.358 e. The zero-order valence-electron chi connectivity index (χ0n) is 10.6. The van der Waals surface area contributed by atoms with Crippen molar-refractivity contribution in [2.75, 3.05) is 14.2 Å². The fraction of sp³-hybridized carbons (Fsp3) is 0.154. The van der Waals surface area contributed by atoms with Gasteiger partial charge in [0.2, 0.25) is 0 Å². The highest BCUT2D eigenvalue weighted by atomic mass is 16.5. The van der Waals surface area contributed by atoms with Crippen LogP contribution in [-0.2, 0) is 4.74 Å². The lowest BCUT2D eigenvalue weighted by atomic mass is 10.3. The van der Waals surface area contributed by atoms with Gasteiger partial charge >= 0.3 is 5.97 Å². The number of esters is 1. The molecule has 0 bridgehead atoms. The zero-order valence-corrected chi connectivity index (χ0v) is 10.6. The number of nitrogens with one attached hydrogen (secondary N) is 1. The number of aromatic nitrogens is 2. The molecule has 1 N–H and O–H groups in total. The first-order valence-electron chi connectivity index (χ1n) is 5.63. The second-order valence-electron chi connectivity index (χ2n) is 3.73. The molecule has 0 radical (unpaired) electrons. The van der Waals surface area contributed by atoms with E-state index in [2.05, 4.69) is 15.2 Å². The molecule has 1 amide bonds. The molecule has 2 aromatic rings. The summed E-state index contributed by atoms with van der Waals surface area (Å²) in [6, 6.07) is 10.5. The second kappa shape index (κ2) is 5.34. The summed E-state index contributed by atoms with van der Waals surface area (Å²) >= 11 is 0. The smallest absolute Gasteiger partial charge is 0.358 e. The lowest BCUT2D eigenvalue weighted by Gasteiger charge is -2.05. The third-order valence-corrected chi connectivity index (χ3v) is 2.56. The van der Waals surface area contributed by atoms with Crippen LogP contribution in [0.4, 0.5) is 0 Å². The van der Waals surface area contributed by atoms with Gasteiger partial charge in [-0.05, 0) is 12.1 Å². The van der Waals surface area contributed by atoms with Crippen LogP contribution in [0.2, 0.25) is 0 Å². The number of carbonyl (C=O) groups excluding carboxylic acids is 2. The van der Waals surface area contributed by atoms with E-state index in [0.717, 1.165) is 0 Å². The normalized spacial score (nSPS) is 10.0. The molecule has 1 heterocycles. The van der Waals surface area contributed by atoms with Crippen molar-refractivity contribution < 1.29 is 14.3 Å². The molecule has 2 rings (SSSR count). The van der Waals surface area contributed by atoms with Crippen LogP contribution in [0.15, 0.2) is 36.4 Å². The van der Waals surface area contributed by atoms with E-state index in [4.69, 9.17) is 0 Å². The Morgan fingerprint density at radius 3 is 2.53 bits per heavy atom. The zero-order chi connectivity index (χ0) is 13.8. The van der Waals surface area contributed by atoms with Crippen LogP contribution < -0.4 is 5.32 Å². The minimum atomic E-state index is -0.583. The molecular weight excluding hydrogens is 246 g/mol. The van der Waals surface area contributed by atoms with E-state index >= 15 is 0 Å². The maximum absolute atomic E-state index is 11.8. The molecule has 0 saturated carbocycles. The average Bonchev–Trinajstić information content (AvgIpc) is 2.91. The fourth-order valence-electron chi connectivity index (χ4n) is 1.64. The Labute approximate surface area is 110 Å². The van der Waals surface area contributed by atoms with Crippen molar-refractivity contribution in [2.24, 2.45) is 0 Å². The van der Waals surface area contributed by atoms with Gasteiger partial charge in [-0.15, -0.1) is 0 Å². The molecule has 0 aliphatic heterocycles. The van der Waals surface area contributed by atoms with Gasteiger partial charge < -0.3 is 10.1 Å². The first kappa shape index (κ1) is 12.8. The lowest BCUT2D eigenvalue weighted by molar-refractivity contribution is 0.0593. The fourth-order valence-corrected chi connectivity index (χ4v) is 1.64. The number of methoxy groups -OCH3 is 1. The standard InChI is InChI=1S/C13H13N3O3/c1-14-12(17)11-8-10(13(18)19-2)15-16(11)9-6-4-3-5-7-9/h3-8H,1-2H3,(H,14,17). The van der Waals surface area contributed by atoms with Crippen molar-refractivity contribution in [1.29, 1.82) is 0 Å². The Morgan fingerprint density at radius 1 is 1.26 bits per heavy atom. The van der Waals surface area contributed by atoms with E-state index in [-0.39, 0.29) is 17.3 Å². The summed E-state index contributed by atoms with van der Waals surface area (Å²) in [6.07, 6.45) is 0. The maximum atomic E-state index is 11.8. The molecule has 0 saturated heterocycles. The summed E-state index contributed by atoms with van der Waals surface area (Å²) in [7, 11) is 2.78. The molecule has 0 atom stereocenters. The van der Waals surface area contributed by atoms with Gasteiger partial charge in [-0.2, -0.15) is 5.10 Å². The van der Waals surface area contributed by atoms with Gasteiger partial charge in [0.1, 0.15) is 5.69 Å². The number of rotatable bonds is 3. The van der Waals surface area contributed by atoms with E-state index in [1.165, 1.54) is 24.9 Å². The Hall–Kier alpha value is -2.63. The first-order valence-corrected chi connectivity index (χ1v) is 5.63. The molecule has 6 heteroatoms. The summed E-state index contributed by atoms with van der Waals surface area (Å²) in [5.74, 6) is -0.911. The van der Waals surface area contributed by atoms with Crippen molar-refractivity contribution in [1.82, 2.24) is 15.1 Å². The number of para-hydroxylation sites is 1. The topological polar surface area (TPSA) is 73.2 Å². The molecule has 0 fully saturated rings. The number of benzene rings is 1. The first-order chi connectivity index (χ1) is 9.17. The molecule has 98 valence electrons. The largest absolute Gasteiger partial charge is 0.464 e. The SMILES string of the molecule is CNC(=O)c1cc(C(=O)OC)nn1-c1ccccc1. The predicted molar refractivity (Wildman–Crippen MR) is 68.3 cm³/mol. The molecule has 0 unspecified atom stereocenters. The number of hydrogen-bond acceptors (Lipinski definition) is 4. The van der Waals surface area contributed by atoms with E-state index in [1.807, 2.05) is 18.2 Å². The molecule has 0 spiro atoms. The van der Waals surface area contributed by atoms with E-state index in [9.17, 15) is 9.59 Å². The monoisotopic (exact) mass is 259 g/mol. The number of hydrogen-bond donors (Lipinski definition) is 1. The van der Waals surface area contributed by atoms with Crippen molar-refractivity contribution >= 4 is 11.9 Å². The lowest BCUT2D eigenvalue weighted by Crippen LogP contribution is -2.21. The van der Waals surface area contributed by atoms with Crippen LogP contribution in [0.3, 0.4) is 0 Å². The van der Waals surface area contributed by atoms with Crippen molar-refractivity contribution in [3.05, 3.63) is 47.8 Å². The van der Waals surface area contributed by atoms with E-state index < -0.39 is 5.97 Å². The van der Waals surface area contributed by atoms with Crippen LogP contribution in [0.5, 0.6) is 0 Å². The summed E-state index contributed by atoms with van der Waals surface area (Å²) in [5.41, 5.74) is 1.05.